The Morgan fingerprint density at radius 1 is 1.14 bits per heavy atom. The van der Waals surface area contributed by atoms with Gasteiger partial charge in [0.25, 0.3) is 15.9 Å². The number of anilines is 1. The van der Waals surface area contributed by atoms with Gasteiger partial charge in [-0.05, 0) is 99.2 Å². The molecule has 7 rings (SSSR count). The van der Waals surface area contributed by atoms with E-state index in [9.17, 15) is 22.4 Å². The fourth-order valence-electron chi connectivity index (χ4n) is 7.82. The van der Waals surface area contributed by atoms with Gasteiger partial charge in [-0.15, -0.1) is 0 Å². The van der Waals surface area contributed by atoms with Crippen LogP contribution in [-0.2, 0) is 40.9 Å². The molecule has 1 spiro atoms. The molecule has 13 heteroatoms. The number of hydrogen-bond donors (Lipinski definition) is 1. The van der Waals surface area contributed by atoms with E-state index < -0.39 is 33.8 Å². The zero-order valence-electron chi connectivity index (χ0n) is 27.8. The number of alkyl halides is 1. The fourth-order valence-corrected chi connectivity index (χ4v) is 9.14. The topological polar surface area (TPSA) is 114 Å². The zero-order valence-corrected chi connectivity index (χ0v) is 29.4. The number of hydrogen-bond acceptors (Lipinski definition) is 8. The van der Waals surface area contributed by atoms with Crippen molar-refractivity contribution >= 4 is 39.1 Å². The van der Waals surface area contributed by atoms with Crippen molar-refractivity contribution < 1.29 is 36.6 Å². The lowest BCUT2D eigenvalue weighted by molar-refractivity contribution is -0.146. The summed E-state index contributed by atoms with van der Waals surface area (Å²) >= 11 is 6.42. The van der Waals surface area contributed by atoms with Crippen molar-refractivity contribution in [3.63, 3.8) is 0 Å². The molecule has 3 aliphatic heterocycles. The van der Waals surface area contributed by atoms with Crippen LogP contribution in [0.15, 0.2) is 53.4 Å². The van der Waals surface area contributed by atoms with E-state index in [1.807, 2.05) is 18.2 Å². The summed E-state index contributed by atoms with van der Waals surface area (Å²) in [5, 5.41) is 0.692. The summed E-state index contributed by atoms with van der Waals surface area (Å²) in [6, 6.07) is 10.8. The third-order valence-electron chi connectivity index (χ3n) is 10.9. The van der Waals surface area contributed by atoms with Crippen LogP contribution in [0.1, 0.15) is 50.7 Å². The van der Waals surface area contributed by atoms with Gasteiger partial charge in [0.15, 0.2) is 0 Å². The van der Waals surface area contributed by atoms with E-state index >= 15 is 0 Å². The molecule has 0 aromatic heterocycles. The molecule has 3 heterocycles. The Labute approximate surface area is 291 Å². The summed E-state index contributed by atoms with van der Waals surface area (Å²) in [6.45, 7) is 4.66. The molecule has 2 aromatic carbocycles. The molecule has 1 saturated carbocycles. The van der Waals surface area contributed by atoms with Crippen LogP contribution in [0.25, 0.3) is 0 Å². The maximum absolute atomic E-state index is 13.6. The van der Waals surface area contributed by atoms with Gasteiger partial charge in [-0.2, -0.15) is 0 Å². The fraction of sp³-hybridized carbons (Fsp3) is 0.556. The molecule has 5 aliphatic rings. The van der Waals surface area contributed by atoms with Crippen LogP contribution in [0.4, 0.5) is 10.1 Å². The van der Waals surface area contributed by atoms with Crippen molar-refractivity contribution in [1.82, 2.24) is 9.62 Å². The molecule has 2 bridgehead atoms. The van der Waals surface area contributed by atoms with Crippen LogP contribution in [0.5, 0.6) is 5.75 Å². The highest BCUT2D eigenvalue weighted by molar-refractivity contribution is 7.90. The van der Waals surface area contributed by atoms with Gasteiger partial charge in [-0.1, -0.05) is 29.8 Å². The Kier molecular flexibility index (Phi) is 9.21. The second kappa shape index (κ2) is 13.2. The molecule has 2 aromatic rings. The van der Waals surface area contributed by atoms with Gasteiger partial charge in [-0.3, -0.25) is 9.59 Å². The van der Waals surface area contributed by atoms with Gasteiger partial charge >= 0.3 is 0 Å². The molecule has 1 N–H and O–H groups in total. The van der Waals surface area contributed by atoms with Crippen molar-refractivity contribution in [3.05, 3.63) is 64.7 Å². The number of nitrogens with one attached hydrogen (secondary N) is 1. The SMILES string of the molecule is CC1(C)OC/C=C/[C@H](OCC(=O)N2CC(F)C2)[C@@H]2CC[C@H]2CN2C[C@@]3(CCCc4cc(Cl)ccc43)COc3ccc(cc32)S(=O)(=O)NC1=O. The second-order valence-electron chi connectivity index (χ2n) is 14.6. The molecule has 4 atom stereocenters. The van der Waals surface area contributed by atoms with Crippen molar-refractivity contribution in [2.24, 2.45) is 11.8 Å². The molecular formula is C36H43ClFN3O7S. The summed E-state index contributed by atoms with van der Waals surface area (Å²) in [6.07, 6.45) is 6.78. The number of likely N-dealkylation sites (tertiary alicyclic amines) is 1. The Morgan fingerprint density at radius 2 is 1.96 bits per heavy atom. The summed E-state index contributed by atoms with van der Waals surface area (Å²) in [4.78, 5) is 29.6. The highest BCUT2D eigenvalue weighted by atomic mass is 35.5. The summed E-state index contributed by atoms with van der Waals surface area (Å²) in [5.41, 5.74) is 1.21. The van der Waals surface area contributed by atoms with E-state index in [2.05, 4.69) is 15.7 Å². The number of amides is 2. The minimum absolute atomic E-state index is 0.0234. The standard InChI is InChI=1S/C36H43ClFN3O7S/c1-35(2)34(43)39-49(44,45)27-9-12-32-30(16-27)41(21-36(22-47-32)13-3-5-23-15-25(37)8-11-29(23)36)17-24-7-10-28(24)31(6-4-14-48-35)46-20-33(42)40-18-26(38)19-40/h4,6,8-9,11-12,15-16,24,26,28,31H,3,5,7,10,13-14,17-22H2,1-2H3,(H,39,43)/b6-4+/t24-,28+,31-,36-/m0/s1. The minimum atomic E-state index is -4.25. The lowest BCUT2D eigenvalue weighted by Gasteiger charge is -2.46. The Hall–Kier alpha value is -3.19. The van der Waals surface area contributed by atoms with Crippen molar-refractivity contribution in [2.75, 3.05) is 50.9 Å². The van der Waals surface area contributed by atoms with Crippen LogP contribution in [0, 0.1) is 11.8 Å². The van der Waals surface area contributed by atoms with Crippen molar-refractivity contribution in [1.29, 1.82) is 0 Å². The molecule has 1 saturated heterocycles. The average Bonchev–Trinajstić information content (AvgIpc) is 3.18. The first kappa shape index (κ1) is 34.3. The lowest BCUT2D eigenvalue weighted by atomic mass is 9.68. The number of carbonyl (C=O) groups is 2. The highest BCUT2D eigenvalue weighted by Crippen LogP contribution is 2.47. The van der Waals surface area contributed by atoms with Gasteiger partial charge < -0.3 is 24.0 Å². The zero-order chi connectivity index (χ0) is 34.6. The number of sulfonamides is 1. The van der Waals surface area contributed by atoms with Gasteiger partial charge in [0.05, 0.1) is 43.0 Å². The number of rotatable bonds is 3. The number of aryl methyl sites for hydroxylation is 1. The predicted molar refractivity (Wildman–Crippen MR) is 182 cm³/mol. The number of fused-ring (bicyclic) bond motifs is 4. The number of halogens is 2. The van der Waals surface area contributed by atoms with Crippen LogP contribution >= 0.6 is 11.6 Å². The third-order valence-corrected chi connectivity index (χ3v) is 12.5. The van der Waals surface area contributed by atoms with E-state index in [-0.39, 0.29) is 54.4 Å². The van der Waals surface area contributed by atoms with Crippen LogP contribution in [-0.4, -0.2) is 89.0 Å². The Balaban J connectivity index is 1.25. The quantitative estimate of drug-likeness (QED) is 0.460. The molecule has 10 nitrogen and oxygen atoms in total. The summed E-state index contributed by atoms with van der Waals surface area (Å²) in [5.74, 6) is -0.254. The van der Waals surface area contributed by atoms with E-state index in [4.69, 9.17) is 25.8 Å². The smallest absolute Gasteiger partial charge is 0.265 e. The first-order chi connectivity index (χ1) is 23.3. The first-order valence-corrected chi connectivity index (χ1v) is 18.9. The second-order valence-corrected chi connectivity index (χ2v) is 16.7. The molecule has 49 heavy (non-hydrogen) atoms. The third kappa shape index (κ3) is 6.81. The van der Waals surface area contributed by atoms with Gasteiger partial charge in [0, 0.05) is 23.5 Å². The monoisotopic (exact) mass is 715 g/mol. The van der Waals surface area contributed by atoms with E-state index in [1.165, 1.54) is 35.9 Å². The van der Waals surface area contributed by atoms with E-state index in [1.54, 1.807) is 18.2 Å². The van der Waals surface area contributed by atoms with E-state index in [0.717, 1.165) is 32.1 Å². The Bertz CT molecular complexity index is 1760. The van der Waals surface area contributed by atoms with Crippen LogP contribution < -0.4 is 14.4 Å². The molecule has 2 amide bonds. The van der Waals surface area contributed by atoms with Crippen molar-refractivity contribution in [2.45, 2.75) is 74.1 Å². The molecule has 0 radical (unpaired) electrons. The molecule has 2 fully saturated rings. The van der Waals surface area contributed by atoms with Crippen LogP contribution in [0.2, 0.25) is 5.02 Å². The maximum atomic E-state index is 13.6. The number of benzene rings is 2. The Morgan fingerprint density at radius 3 is 2.71 bits per heavy atom. The average molecular weight is 716 g/mol. The normalized spacial score (nSPS) is 30.0. The summed E-state index contributed by atoms with van der Waals surface area (Å²) < 4.78 is 61.5. The molecule has 2 aliphatic carbocycles. The number of ether oxygens (including phenoxy) is 3. The van der Waals surface area contributed by atoms with Gasteiger partial charge in [0.2, 0.25) is 5.91 Å². The van der Waals surface area contributed by atoms with E-state index in [0.29, 0.717) is 36.2 Å². The lowest BCUT2D eigenvalue weighted by Crippen LogP contribution is -2.53. The van der Waals surface area contributed by atoms with Gasteiger partial charge in [-0.25, -0.2) is 17.5 Å². The van der Waals surface area contributed by atoms with Gasteiger partial charge in [0.1, 0.15) is 24.1 Å². The molecular weight excluding hydrogens is 673 g/mol. The maximum Gasteiger partial charge on any atom is 0.265 e. The summed E-state index contributed by atoms with van der Waals surface area (Å²) in [7, 11) is -4.25. The first-order valence-electron chi connectivity index (χ1n) is 17.1. The molecule has 264 valence electrons. The minimum Gasteiger partial charge on any atom is -0.490 e. The predicted octanol–water partition coefficient (Wildman–Crippen LogP) is 4.57. The largest absolute Gasteiger partial charge is 0.490 e. The van der Waals surface area contributed by atoms with Crippen LogP contribution in [0.3, 0.4) is 0 Å². The number of carbonyl (C=O) groups excluding carboxylic acids is 2. The molecule has 0 unspecified atom stereocenters. The van der Waals surface area contributed by atoms with Crippen molar-refractivity contribution in [3.8, 4) is 5.75 Å². The number of nitrogens with zero attached hydrogens (tertiary/aromatic N) is 2. The highest BCUT2D eigenvalue weighted by Gasteiger charge is 2.45.